The zero-order valence-electron chi connectivity index (χ0n) is 9.57. The van der Waals surface area contributed by atoms with E-state index in [1.54, 1.807) is 11.3 Å². The SMILES string of the molecule is C/C=C1\Cc2cc(-c3cccs3)ccc2C1=O. The van der Waals surface area contributed by atoms with E-state index in [-0.39, 0.29) is 5.78 Å². The Hall–Kier alpha value is -1.67. The van der Waals surface area contributed by atoms with Gasteiger partial charge in [0.1, 0.15) is 0 Å². The number of carbonyl (C=O) groups is 1. The number of Topliss-reactive ketones (excluding diaryl/α,β-unsaturated/α-hetero) is 1. The molecule has 2 heteroatoms. The van der Waals surface area contributed by atoms with Gasteiger partial charge in [-0.05, 0) is 35.6 Å². The van der Waals surface area contributed by atoms with Crippen LogP contribution in [0.3, 0.4) is 0 Å². The average molecular weight is 240 g/mol. The van der Waals surface area contributed by atoms with E-state index in [0.29, 0.717) is 0 Å². The highest BCUT2D eigenvalue weighted by Gasteiger charge is 2.24. The van der Waals surface area contributed by atoms with E-state index in [0.717, 1.165) is 23.1 Å². The Morgan fingerprint density at radius 1 is 1.29 bits per heavy atom. The van der Waals surface area contributed by atoms with Crippen molar-refractivity contribution >= 4 is 17.1 Å². The van der Waals surface area contributed by atoms with Gasteiger partial charge in [0.2, 0.25) is 0 Å². The standard InChI is InChI=1S/C15H12OS/c1-2-10-8-12-9-11(14-4-3-7-17-14)5-6-13(12)15(10)16/h2-7,9H,8H2,1H3/b10-2+. The minimum absolute atomic E-state index is 0.195. The fraction of sp³-hybridized carbons (Fsp3) is 0.133. The third-order valence-electron chi connectivity index (χ3n) is 3.18. The van der Waals surface area contributed by atoms with Crippen LogP contribution in [0, 0.1) is 0 Å². The second kappa shape index (κ2) is 3.97. The van der Waals surface area contributed by atoms with Crippen molar-refractivity contribution in [2.45, 2.75) is 13.3 Å². The van der Waals surface area contributed by atoms with Gasteiger partial charge in [-0.2, -0.15) is 0 Å². The highest BCUT2D eigenvalue weighted by Crippen LogP contribution is 2.32. The molecule has 1 aliphatic rings. The summed E-state index contributed by atoms with van der Waals surface area (Å²) >= 11 is 1.73. The van der Waals surface area contributed by atoms with E-state index in [2.05, 4.69) is 23.6 Å². The molecule has 1 nitrogen and oxygen atoms in total. The fourth-order valence-corrected chi connectivity index (χ4v) is 2.97. The molecule has 2 aromatic rings. The predicted octanol–water partition coefficient (Wildman–Crippen LogP) is 4.10. The molecule has 0 bridgehead atoms. The van der Waals surface area contributed by atoms with Crippen molar-refractivity contribution in [3.63, 3.8) is 0 Å². The number of fused-ring (bicyclic) bond motifs is 1. The smallest absolute Gasteiger partial charge is 0.189 e. The molecule has 0 fully saturated rings. The Morgan fingerprint density at radius 3 is 2.88 bits per heavy atom. The highest BCUT2D eigenvalue weighted by molar-refractivity contribution is 7.13. The molecule has 0 aliphatic heterocycles. The van der Waals surface area contributed by atoms with Crippen molar-refractivity contribution in [3.05, 3.63) is 58.5 Å². The van der Waals surface area contributed by atoms with Crippen LogP contribution in [0.2, 0.25) is 0 Å². The molecular formula is C15H12OS. The quantitative estimate of drug-likeness (QED) is 0.686. The molecule has 0 unspecified atom stereocenters. The third-order valence-corrected chi connectivity index (χ3v) is 4.10. The maximum Gasteiger partial charge on any atom is 0.189 e. The van der Waals surface area contributed by atoms with Gasteiger partial charge in [-0.1, -0.05) is 24.3 Å². The van der Waals surface area contributed by atoms with Gasteiger partial charge in [-0.15, -0.1) is 11.3 Å². The monoisotopic (exact) mass is 240 g/mol. The summed E-state index contributed by atoms with van der Waals surface area (Å²) in [6.07, 6.45) is 2.71. The molecule has 1 aromatic carbocycles. The number of benzene rings is 1. The van der Waals surface area contributed by atoms with Gasteiger partial charge < -0.3 is 0 Å². The molecule has 0 atom stereocenters. The maximum atomic E-state index is 12.0. The van der Waals surface area contributed by atoms with E-state index in [9.17, 15) is 4.79 Å². The molecule has 0 amide bonds. The first kappa shape index (κ1) is 10.5. The van der Waals surface area contributed by atoms with Crippen molar-refractivity contribution in [1.29, 1.82) is 0 Å². The van der Waals surface area contributed by atoms with Crippen molar-refractivity contribution in [1.82, 2.24) is 0 Å². The molecular weight excluding hydrogens is 228 g/mol. The number of carbonyl (C=O) groups excluding carboxylic acids is 1. The van der Waals surface area contributed by atoms with Crippen LogP contribution in [0.5, 0.6) is 0 Å². The van der Waals surface area contributed by atoms with Crippen molar-refractivity contribution in [2.75, 3.05) is 0 Å². The van der Waals surface area contributed by atoms with Gasteiger partial charge in [-0.3, -0.25) is 4.79 Å². The minimum atomic E-state index is 0.195. The molecule has 0 spiro atoms. The van der Waals surface area contributed by atoms with Gasteiger partial charge in [0.05, 0.1) is 0 Å². The summed E-state index contributed by atoms with van der Waals surface area (Å²) in [6, 6.07) is 10.3. The lowest BCUT2D eigenvalue weighted by Crippen LogP contribution is -1.94. The third kappa shape index (κ3) is 1.65. The molecule has 17 heavy (non-hydrogen) atoms. The van der Waals surface area contributed by atoms with Crippen molar-refractivity contribution in [3.8, 4) is 10.4 Å². The molecule has 84 valence electrons. The van der Waals surface area contributed by atoms with Crippen LogP contribution < -0.4 is 0 Å². The molecule has 1 heterocycles. The number of rotatable bonds is 1. The molecule has 3 rings (SSSR count). The number of hydrogen-bond acceptors (Lipinski definition) is 2. The van der Waals surface area contributed by atoms with Gasteiger partial charge >= 0.3 is 0 Å². The van der Waals surface area contributed by atoms with Crippen molar-refractivity contribution in [2.24, 2.45) is 0 Å². The first-order valence-electron chi connectivity index (χ1n) is 5.66. The maximum absolute atomic E-state index is 12.0. The summed E-state index contributed by atoms with van der Waals surface area (Å²) < 4.78 is 0. The number of thiophene rings is 1. The molecule has 0 saturated carbocycles. The summed E-state index contributed by atoms with van der Waals surface area (Å²) in [6.45, 7) is 1.93. The number of ketones is 1. The Kier molecular flexibility index (Phi) is 2.45. The lowest BCUT2D eigenvalue weighted by atomic mass is 10.1. The summed E-state index contributed by atoms with van der Waals surface area (Å²) in [5.41, 5.74) is 4.17. The Balaban J connectivity index is 2.09. The van der Waals surface area contributed by atoms with Crippen LogP contribution in [0.4, 0.5) is 0 Å². The van der Waals surface area contributed by atoms with Gasteiger partial charge in [0.15, 0.2) is 5.78 Å². The molecule has 1 aliphatic carbocycles. The Morgan fingerprint density at radius 2 is 2.18 bits per heavy atom. The highest BCUT2D eigenvalue weighted by atomic mass is 32.1. The largest absolute Gasteiger partial charge is 0.289 e. The lowest BCUT2D eigenvalue weighted by molar-refractivity contribution is 0.103. The molecule has 0 radical (unpaired) electrons. The topological polar surface area (TPSA) is 17.1 Å². The van der Waals surface area contributed by atoms with Crippen LogP contribution in [-0.2, 0) is 6.42 Å². The first-order valence-corrected chi connectivity index (χ1v) is 6.54. The Labute approximate surface area is 104 Å². The summed E-state index contributed by atoms with van der Waals surface area (Å²) in [7, 11) is 0. The summed E-state index contributed by atoms with van der Waals surface area (Å²) in [5, 5.41) is 2.07. The molecule has 0 saturated heterocycles. The van der Waals surface area contributed by atoms with E-state index >= 15 is 0 Å². The minimum Gasteiger partial charge on any atom is -0.289 e. The van der Waals surface area contributed by atoms with Crippen molar-refractivity contribution < 1.29 is 4.79 Å². The Bertz CT molecular complexity index is 606. The van der Waals surface area contributed by atoms with Crippen LogP contribution >= 0.6 is 11.3 Å². The van der Waals surface area contributed by atoms with Gasteiger partial charge in [0.25, 0.3) is 0 Å². The van der Waals surface area contributed by atoms with Crippen LogP contribution in [-0.4, -0.2) is 5.78 Å². The second-order valence-corrected chi connectivity index (χ2v) is 5.12. The number of hydrogen-bond donors (Lipinski definition) is 0. The van der Waals surface area contributed by atoms with E-state index < -0.39 is 0 Å². The van der Waals surface area contributed by atoms with Crippen LogP contribution in [0.15, 0.2) is 47.4 Å². The van der Waals surface area contributed by atoms with Crippen LogP contribution in [0.1, 0.15) is 22.8 Å². The summed E-state index contributed by atoms with van der Waals surface area (Å²) in [4.78, 5) is 13.2. The fourth-order valence-electron chi connectivity index (χ4n) is 2.25. The second-order valence-electron chi connectivity index (χ2n) is 4.17. The zero-order chi connectivity index (χ0) is 11.8. The normalized spacial score (nSPS) is 16.5. The summed E-state index contributed by atoms with van der Waals surface area (Å²) in [5.74, 6) is 0.195. The van der Waals surface area contributed by atoms with Crippen LogP contribution in [0.25, 0.3) is 10.4 Å². The molecule has 1 aromatic heterocycles. The van der Waals surface area contributed by atoms with E-state index in [1.807, 2.05) is 25.1 Å². The van der Waals surface area contributed by atoms with E-state index in [1.165, 1.54) is 10.4 Å². The number of allylic oxidation sites excluding steroid dienone is 2. The lowest BCUT2D eigenvalue weighted by Gasteiger charge is -2.01. The van der Waals surface area contributed by atoms with Gasteiger partial charge in [0, 0.05) is 22.4 Å². The predicted molar refractivity (Wildman–Crippen MR) is 71.5 cm³/mol. The molecule has 0 N–H and O–H groups in total. The van der Waals surface area contributed by atoms with E-state index in [4.69, 9.17) is 0 Å². The zero-order valence-corrected chi connectivity index (χ0v) is 10.4. The average Bonchev–Trinajstić information content (AvgIpc) is 2.97. The van der Waals surface area contributed by atoms with Gasteiger partial charge in [-0.25, -0.2) is 0 Å². The first-order chi connectivity index (χ1) is 8.29.